The number of ether oxygens (including phenoxy) is 1. The van der Waals surface area contributed by atoms with Crippen molar-refractivity contribution >= 4 is 0 Å². The molecule has 1 rings (SSSR count). The molecule has 0 aliphatic carbocycles. The maximum Gasteiger partial charge on any atom is 0.0529 e. The Morgan fingerprint density at radius 3 is 2.92 bits per heavy atom. The predicted octanol–water partition coefficient (Wildman–Crippen LogP) is 0.655. The van der Waals surface area contributed by atoms with Gasteiger partial charge in [-0.3, -0.25) is 0 Å². The lowest BCUT2D eigenvalue weighted by atomic mass is 9.86. The normalized spacial score (nSPS) is 34.2. The molecule has 0 spiro atoms. The summed E-state index contributed by atoms with van der Waals surface area (Å²) in [7, 11) is 0. The van der Waals surface area contributed by atoms with Gasteiger partial charge in [-0.05, 0) is 32.6 Å². The molecule has 2 unspecified atom stereocenters. The molecular formula is C9H19NO2. The molecule has 1 heterocycles. The standard InChI is InChI=1S/C9H19NO2/c1-8(11)7-9(10)3-2-5-12-6-4-9/h8,11H,2-7,10H2,1H3. The van der Waals surface area contributed by atoms with E-state index in [0.29, 0.717) is 6.42 Å². The highest BCUT2D eigenvalue weighted by molar-refractivity contribution is 4.86. The van der Waals surface area contributed by atoms with Crippen LogP contribution in [0.15, 0.2) is 0 Å². The van der Waals surface area contributed by atoms with E-state index in [2.05, 4.69) is 0 Å². The molecule has 0 aromatic carbocycles. The maximum atomic E-state index is 9.24. The molecule has 0 saturated carbocycles. The maximum absolute atomic E-state index is 9.24. The van der Waals surface area contributed by atoms with Gasteiger partial charge in [-0.15, -0.1) is 0 Å². The second-order valence-electron chi connectivity index (χ2n) is 3.88. The first-order valence-electron chi connectivity index (χ1n) is 4.67. The van der Waals surface area contributed by atoms with E-state index >= 15 is 0 Å². The van der Waals surface area contributed by atoms with Crippen LogP contribution in [0.25, 0.3) is 0 Å². The monoisotopic (exact) mass is 173 g/mol. The third-order valence-corrected chi connectivity index (χ3v) is 2.41. The zero-order valence-electron chi connectivity index (χ0n) is 7.75. The fourth-order valence-corrected chi connectivity index (χ4v) is 1.82. The van der Waals surface area contributed by atoms with Gasteiger partial charge in [0.05, 0.1) is 6.10 Å². The Kier molecular flexibility index (Phi) is 3.50. The number of hydrogen-bond acceptors (Lipinski definition) is 3. The highest BCUT2D eigenvalue weighted by Crippen LogP contribution is 2.23. The molecule has 1 aliphatic rings. The Balaban J connectivity index is 2.42. The van der Waals surface area contributed by atoms with Gasteiger partial charge >= 0.3 is 0 Å². The quantitative estimate of drug-likeness (QED) is 0.645. The first-order chi connectivity index (χ1) is 5.62. The lowest BCUT2D eigenvalue weighted by Crippen LogP contribution is -2.42. The van der Waals surface area contributed by atoms with Crippen molar-refractivity contribution in [2.24, 2.45) is 5.73 Å². The fraction of sp³-hybridized carbons (Fsp3) is 1.00. The van der Waals surface area contributed by atoms with Gasteiger partial charge < -0.3 is 15.6 Å². The summed E-state index contributed by atoms with van der Waals surface area (Å²) >= 11 is 0. The highest BCUT2D eigenvalue weighted by atomic mass is 16.5. The molecule has 1 aliphatic heterocycles. The molecule has 3 N–H and O–H groups in total. The van der Waals surface area contributed by atoms with E-state index in [1.807, 2.05) is 0 Å². The SMILES string of the molecule is CC(O)CC1(N)CCCOCC1. The van der Waals surface area contributed by atoms with E-state index in [9.17, 15) is 5.11 Å². The molecule has 0 aromatic heterocycles. The molecule has 1 fully saturated rings. The molecule has 0 aromatic rings. The fourth-order valence-electron chi connectivity index (χ4n) is 1.82. The summed E-state index contributed by atoms with van der Waals surface area (Å²) in [4.78, 5) is 0. The van der Waals surface area contributed by atoms with Gasteiger partial charge in [0.2, 0.25) is 0 Å². The average molecular weight is 173 g/mol. The summed E-state index contributed by atoms with van der Waals surface area (Å²) in [6.07, 6.45) is 3.25. The first-order valence-corrected chi connectivity index (χ1v) is 4.67. The Labute approximate surface area is 73.9 Å². The van der Waals surface area contributed by atoms with Gasteiger partial charge in [0, 0.05) is 18.8 Å². The van der Waals surface area contributed by atoms with E-state index in [-0.39, 0.29) is 11.6 Å². The van der Waals surface area contributed by atoms with E-state index in [0.717, 1.165) is 32.5 Å². The van der Waals surface area contributed by atoms with E-state index in [1.54, 1.807) is 6.92 Å². The van der Waals surface area contributed by atoms with Crippen LogP contribution in [0.1, 0.15) is 32.6 Å². The van der Waals surface area contributed by atoms with Crippen LogP contribution in [0.3, 0.4) is 0 Å². The zero-order valence-corrected chi connectivity index (χ0v) is 7.75. The molecule has 72 valence electrons. The second kappa shape index (κ2) is 4.21. The molecule has 3 heteroatoms. The Morgan fingerprint density at radius 1 is 1.50 bits per heavy atom. The molecule has 0 radical (unpaired) electrons. The molecule has 2 atom stereocenters. The summed E-state index contributed by atoms with van der Waals surface area (Å²) in [6, 6.07) is 0. The van der Waals surface area contributed by atoms with Crippen LogP contribution in [-0.4, -0.2) is 30.0 Å². The van der Waals surface area contributed by atoms with Crippen LogP contribution in [0.5, 0.6) is 0 Å². The van der Waals surface area contributed by atoms with Crippen LogP contribution < -0.4 is 5.73 Å². The second-order valence-corrected chi connectivity index (χ2v) is 3.88. The van der Waals surface area contributed by atoms with Gasteiger partial charge in [0.1, 0.15) is 0 Å². The van der Waals surface area contributed by atoms with Gasteiger partial charge in [-0.1, -0.05) is 0 Å². The van der Waals surface area contributed by atoms with Crippen molar-refractivity contribution in [1.29, 1.82) is 0 Å². The lowest BCUT2D eigenvalue weighted by molar-refractivity contribution is 0.122. The van der Waals surface area contributed by atoms with Crippen molar-refractivity contribution in [2.45, 2.75) is 44.2 Å². The van der Waals surface area contributed by atoms with Crippen molar-refractivity contribution in [1.82, 2.24) is 0 Å². The number of aliphatic hydroxyl groups is 1. The van der Waals surface area contributed by atoms with E-state index in [1.165, 1.54) is 0 Å². The zero-order chi connectivity index (χ0) is 9.03. The number of hydrogen-bond donors (Lipinski definition) is 2. The van der Waals surface area contributed by atoms with Gasteiger partial charge in [0.15, 0.2) is 0 Å². The number of rotatable bonds is 2. The van der Waals surface area contributed by atoms with E-state index < -0.39 is 0 Å². The third-order valence-electron chi connectivity index (χ3n) is 2.41. The van der Waals surface area contributed by atoms with Crippen LogP contribution in [0, 0.1) is 0 Å². The minimum absolute atomic E-state index is 0.190. The summed E-state index contributed by atoms with van der Waals surface area (Å²) in [5.74, 6) is 0. The summed E-state index contributed by atoms with van der Waals surface area (Å²) in [5, 5.41) is 9.24. The Bertz CT molecular complexity index is 128. The highest BCUT2D eigenvalue weighted by Gasteiger charge is 2.27. The van der Waals surface area contributed by atoms with Crippen molar-refractivity contribution in [2.75, 3.05) is 13.2 Å². The minimum atomic E-state index is -0.298. The van der Waals surface area contributed by atoms with Gasteiger partial charge in [0.25, 0.3) is 0 Å². The van der Waals surface area contributed by atoms with Gasteiger partial charge in [-0.25, -0.2) is 0 Å². The molecule has 12 heavy (non-hydrogen) atoms. The topological polar surface area (TPSA) is 55.5 Å². The number of nitrogens with two attached hydrogens (primary N) is 1. The van der Waals surface area contributed by atoms with Crippen molar-refractivity contribution in [3.05, 3.63) is 0 Å². The van der Waals surface area contributed by atoms with Crippen molar-refractivity contribution in [3.63, 3.8) is 0 Å². The third kappa shape index (κ3) is 3.09. The molecule has 1 saturated heterocycles. The van der Waals surface area contributed by atoms with E-state index in [4.69, 9.17) is 10.5 Å². The minimum Gasteiger partial charge on any atom is -0.393 e. The Morgan fingerprint density at radius 2 is 2.25 bits per heavy atom. The van der Waals surface area contributed by atoms with Crippen LogP contribution in [0.4, 0.5) is 0 Å². The van der Waals surface area contributed by atoms with Crippen LogP contribution >= 0.6 is 0 Å². The average Bonchev–Trinajstić information content (AvgIpc) is 2.12. The predicted molar refractivity (Wildman–Crippen MR) is 47.9 cm³/mol. The summed E-state index contributed by atoms with van der Waals surface area (Å²) in [5.41, 5.74) is 5.93. The van der Waals surface area contributed by atoms with Crippen molar-refractivity contribution in [3.8, 4) is 0 Å². The summed E-state index contributed by atoms with van der Waals surface area (Å²) in [6.45, 7) is 3.35. The number of aliphatic hydroxyl groups excluding tert-OH is 1. The van der Waals surface area contributed by atoms with Crippen LogP contribution in [0.2, 0.25) is 0 Å². The van der Waals surface area contributed by atoms with Crippen LogP contribution in [-0.2, 0) is 4.74 Å². The largest absolute Gasteiger partial charge is 0.393 e. The van der Waals surface area contributed by atoms with Gasteiger partial charge in [-0.2, -0.15) is 0 Å². The molecule has 0 amide bonds. The summed E-state index contributed by atoms with van der Waals surface area (Å²) < 4.78 is 5.31. The molecule has 3 nitrogen and oxygen atoms in total. The smallest absolute Gasteiger partial charge is 0.0529 e. The first kappa shape index (κ1) is 9.96. The molecule has 0 bridgehead atoms. The lowest BCUT2D eigenvalue weighted by Gasteiger charge is -2.28. The molecular weight excluding hydrogens is 154 g/mol. The van der Waals surface area contributed by atoms with Crippen molar-refractivity contribution < 1.29 is 9.84 Å². The Hall–Kier alpha value is -0.120.